The van der Waals surface area contributed by atoms with Gasteiger partial charge in [-0.2, -0.15) is 0 Å². The Bertz CT molecular complexity index is 641. The van der Waals surface area contributed by atoms with Crippen LogP contribution >= 0.6 is 0 Å². The van der Waals surface area contributed by atoms with Crippen LogP contribution in [0.4, 0.5) is 0 Å². The predicted molar refractivity (Wildman–Crippen MR) is 138 cm³/mol. The number of nitrogens with two attached hydrogens (primary N) is 1. The van der Waals surface area contributed by atoms with Gasteiger partial charge < -0.3 is 21.3 Å². The summed E-state index contributed by atoms with van der Waals surface area (Å²) in [7, 11) is 2.20. The molecular weight excluding hydrogens is 426 g/mol. The molecule has 0 spiro atoms. The van der Waals surface area contributed by atoms with Gasteiger partial charge in [0.2, 0.25) is 5.91 Å². The first kappa shape index (κ1) is 26.3. The van der Waals surface area contributed by atoms with Crippen molar-refractivity contribution in [2.24, 2.45) is 35.3 Å². The quantitative estimate of drug-likeness (QED) is 0.337. The van der Waals surface area contributed by atoms with Crippen molar-refractivity contribution in [3.8, 4) is 0 Å². The maximum Gasteiger partial charge on any atom is 0.223 e. The van der Waals surface area contributed by atoms with Crippen molar-refractivity contribution < 1.29 is 4.79 Å². The van der Waals surface area contributed by atoms with E-state index in [1.54, 1.807) is 0 Å². The van der Waals surface area contributed by atoms with Crippen LogP contribution in [0.2, 0.25) is 0 Å². The molecule has 1 aliphatic carbocycles. The first-order valence-corrected chi connectivity index (χ1v) is 14.1. The summed E-state index contributed by atoms with van der Waals surface area (Å²) in [4.78, 5) is 15.9. The molecule has 6 N–H and O–H groups in total. The molecule has 196 valence electrons. The van der Waals surface area contributed by atoms with Gasteiger partial charge in [-0.25, -0.2) is 5.01 Å². The molecule has 0 radical (unpaired) electrons. The van der Waals surface area contributed by atoms with E-state index in [1.165, 1.54) is 38.5 Å². The lowest BCUT2D eigenvalue weighted by atomic mass is 9.71. The van der Waals surface area contributed by atoms with Gasteiger partial charge in [-0.3, -0.25) is 15.5 Å². The van der Waals surface area contributed by atoms with Gasteiger partial charge in [0.25, 0.3) is 0 Å². The maximum absolute atomic E-state index is 13.6. The van der Waals surface area contributed by atoms with Crippen molar-refractivity contribution in [2.45, 2.75) is 77.0 Å². The van der Waals surface area contributed by atoms with Gasteiger partial charge in [-0.15, -0.1) is 0 Å². The second-order valence-corrected chi connectivity index (χ2v) is 11.9. The van der Waals surface area contributed by atoms with E-state index in [0.717, 1.165) is 58.2 Å². The third kappa shape index (κ3) is 6.51. The standard InChI is InChI=1S/C26H51N7O/c1-18(2)33-25-23(16-30-33)22(26(34)29-15-19-7-10-28-11-8-19)14-24(31-25)21-6-4-5-20(13-21)17-32(3)12-9-27/h18-25,28,30-31H,4-17,27H2,1-3H3,(H,29,34). The minimum atomic E-state index is 0.0921. The van der Waals surface area contributed by atoms with Crippen LogP contribution in [0.1, 0.15) is 58.8 Å². The number of nitrogens with zero attached hydrogens (tertiary/aromatic N) is 2. The van der Waals surface area contributed by atoms with Crippen LogP contribution in [0.15, 0.2) is 0 Å². The number of likely N-dealkylation sites (N-methyl/N-ethyl adjacent to an activating group) is 1. The molecule has 8 heteroatoms. The molecule has 0 aromatic carbocycles. The van der Waals surface area contributed by atoms with Gasteiger partial charge in [0.05, 0.1) is 6.17 Å². The fourth-order valence-electron chi connectivity index (χ4n) is 7.14. The van der Waals surface area contributed by atoms with Crippen molar-refractivity contribution in [3.05, 3.63) is 0 Å². The Morgan fingerprint density at radius 1 is 1.15 bits per heavy atom. The molecule has 0 bridgehead atoms. The van der Waals surface area contributed by atoms with E-state index in [0.29, 0.717) is 35.7 Å². The lowest BCUT2D eigenvalue weighted by Crippen LogP contribution is -2.62. The van der Waals surface area contributed by atoms with Gasteiger partial charge in [0.1, 0.15) is 0 Å². The van der Waals surface area contributed by atoms with Crippen LogP contribution in [0.3, 0.4) is 0 Å². The molecule has 0 aromatic heterocycles. The first-order valence-electron chi connectivity index (χ1n) is 14.1. The molecule has 3 heterocycles. The summed E-state index contributed by atoms with van der Waals surface area (Å²) in [6, 6.07) is 0.823. The third-order valence-corrected chi connectivity index (χ3v) is 9.01. The highest BCUT2D eigenvalue weighted by atomic mass is 16.1. The number of hydrogen-bond donors (Lipinski definition) is 5. The van der Waals surface area contributed by atoms with Gasteiger partial charge in [-0.05, 0) is 90.3 Å². The second-order valence-electron chi connectivity index (χ2n) is 11.9. The van der Waals surface area contributed by atoms with E-state index in [4.69, 9.17) is 5.73 Å². The largest absolute Gasteiger partial charge is 0.356 e. The zero-order valence-electron chi connectivity index (χ0n) is 21.9. The molecule has 6 unspecified atom stereocenters. The van der Waals surface area contributed by atoms with Crippen molar-refractivity contribution in [3.63, 3.8) is 0 Å². The van der Waals surface area contributed by atoms with E-state index in [1.807, 2.05) is 0 Å². The Morgan fingerprint density at radius 2 is 1.94 bits per heavy atom. The van der Waals surface area contributed by atoms with Crippen LogP contribution in [-0.4, -0.2) is 86.9 Å². The average molecular weight is 478 g/mol. The summed E-state index contributed by atoms with van der Waals surface area (Å²) in [5.41, 5.74) is 9.40. The highest BCUT2D eigenvalue weighted by Crippen LogP contribution is 2.39. The SMILES string of the molecule is CC(C)N1NCC2C(C(=O)NCC3CCNCC3)CC(C3CCCC(CN(C)CCN)C3)NC21. The van der Waals surface area contributed by atoms with Gasteiger partial charge in [-0.1, -0.05) is 6.42 Å². The van der Waals surface area contributed by atoms with E-state index < -0.39 is 0 Å². The van der Waals surface area contributed by atoms with Crippen LogP contribution in [-0.2, 0) is 4.79 Å². The Balaban J connectivity index is 1.41. The van der Waals surface area contributed by atoms with E-state index >= 15 is 0 Å². The minimum absolute atomic E-state index is 0.0921. The normalized spacial score (nSPS) is 35.6. The summed E-state index contributed by atoms with van der Waals surface area (Å²) >= 11 is 0. The molecule has 1 saturated carbocycles. The van der Waals surface area contributed by atoms with Crippen molar-refractivity contribution in [1.82, 2.24) is 31.3 Å². The van der Waals surface area contributed by atoms with E-state index in [2.05, 4.69) is 52.2 Å². The smallest absolute Gasteiger partial charge is 0.223 e. The Labute approximate surface area is 207 Å². The Hall–Kier alpha value is -0.770. The first-order chi connectivity index (χ1) is 16.5. The zero-order chi connectivity index (χ0) is 24.1. The number of carbonyl (C=O) groups is 1. The Kier molecular flexibility index (Phi) is 9.64. The fraction of sp³-hybridized carbons (Fsp3) is 0.962. The van der Waals surface area contributed by atoms with Crippen molar-refractivity contribution in [2.75, 3.05) is 52.9 Å². The molecule has 6 atom stereocenters. The van der Waals surface area contributed by atoms with Crippen LogP contribution in [0.5, 0.6) is 0 Å². The van der Waals surface area contributed by atoms with Crippen LogP contribution < -0.4 is 27.1 Å². The number of nitrogens with one attached hydrogen (secondary N) is 4. The number of hydrazine groups is 1. The van der Waals surface area contributed by atoms with Gasteiger partial charge in [0, 0.05) is 56.6 Å². The van der Waals surface area contributed by atoms with E-state index in [-0.39, 0.29) is 12.1 Å². The zero-order valence-corrected chi connectivity index (χ0v) is 21.9. The van der Waals surface area contributed by atoms with E-state index in [9.17, 15) is 4.79 Å². The molecule has 8 nitrogen and oxygen atoms in total. The summed E-state index contributed by atoms with van der Waals surface area (Å²) in [6.07, 6.45) is 8.74. The lowest BCUT2D eigenvalue weighted by molar-refractivity contribution is -0.129. The van der Waals surface area contributed by atoms with Gasteiger partial charge in [0.15, 0.2) is 0 Å². The second kappa shape index (κ2) is 12.5. The summed E-state index contributed by atoms with van der Waals surface area (Å²) in [5.74, 6) is 2.74. The molecule has 4 rings (SSSR count). The molecule has 4 aliphatic rings. The molecule has 4 fully saturated rings. The number of carbonyl (C=O) groups excluding carboxylic acids is 1. The average Bonchev–Trinajstić information content (AvgIpc) is 3.27. The topological polar surface area (TPSA) is 97.7 Å². The highest BCUT2D eigenvalue weighted by Gasteiger charge is 2.49. The third-order valence-electron chi connectivity index (χ3n) is 9.01. The number of rotatable bonds is 9. The van der Waals surface area contributed by atoms with Gasteiger partial charge >= 0.3 is 0 Å². The minimum Gasteiger partial charge on any atom is -0.356 e. The van der Waals surface area contributed by atoms with Crippen molar-refractivity contribution in [1.29, 1.82) is 0 Å². The molecule has 1 amide bonds. The number of hydrogen-bond acceptors (Lipinski definition) is 7. The summed E-state index contributed by atoms with van der Waals surface area (Å²) in [5, 5.41) is 13.2. The Morgan fingerprint density at radius 3 is 2.68 bits per heavy atom. The van der Waals surface area contributed by atoms with Crippen LogP contribution in [0, 0.1) is 29.6 Å². The summed E-state index contributed by atoms with van der Waals surface area (Å²) < 4.78 is 0. The maximum atomic E-state index is 13.6. The predicted octanol–water partition coefficient (Wildman–Crippen LogP) is 0.948. The molecule has 3 saturated heterocycles. The summed E-state index contributed by atoms with van der Waals surface area (Å²) in [6.45, 7) is 11.2. The monoisotopic (exact) mass is 477 g/mol. The number of piperidine rings is 2. The molecule has 34 heavy (non-hydrogen) atoms. The lowest BCUT2D eigenvalue weighted by Gasteiger charge is -2.46. The highest BCUT2D eigenvalue weighted by molar-refractivity contribution is 5.79. The number of fused-ring (bicyclic) bond motifs is 1. The van der Waals surface area contributed by atoms with Crippen molar-refractivity contribution >= 4 is 5.91 Å². The molecule has 0 aromatic rings. The molecule has 3 aliphatic heterocycles. The number of amides is 1. The van der Waals surface area contributed by atoms with Crippen LogP contribution in [0.25, 0.3) is 0 Å². The molecular formula is C26H51N7O. The fourth-order valence-corrected chi connectivity index (χ4v) is 7.14.